The summed E-state index contributed by atoms with van der Waals surface area (Å²) >= 11 is 3.75. The van der Waals surface area contributed by atoms with E-state index in [0.29, 0.717) is 13.1 Å². The molecule has 0 aromatic carbocycles. The van der Waals surface area contributed by atoms with Gasteiger partial charge in [0, 0.05) is 13.1 Å². The molecule has 0 aliphatic carbocycles. The van der Waals surface area contributed by atoms with E-state index in [1.165, 1.54) is 0 Å². The molecule has 1 atom stereocenters. The normalized spacial score (nSPS) is 24.9. The molecule has 2 aromatic rings. The van der Waals surface area contributed by atoms with Crippen LogP contribution in [0.25, 0.3) is 4.96 Å². The fourth-order valence-electron chi connectivity index (χ4n) is 2.23. The number of rotatable bonds is 2. The van der Waals surface area contributed by atoms with E-state index < -0.39 is 5.60 Å². The van der Waals surface area contributed by atoms with Crippen molar-refractivity contribution in [2.75, 3.05) is 24.5 Å². The van der Waals surface area contributed by atoms with Crippen LogP contribution in [0.3, 0.4) is 0 Å². The summed E-state index contributed by atoms with van der Waals surface area (Å²) in [7, 11) is 0. The largest absolute Gasteiger partial charge is 0.387 e. The second-order valence-electron chi connectivity index (χ2n) is 4.61. The molecule has 2 aromatic heterocycles. The second kappa shape index (κ2) is 4.58. The fraction of sp³-hybridized carbons (Fsp3) is 0.600. The number of β-amino-alcohol motifs (C(OH)–C–C–N with tert-alkyl or cyclic N) is 1. The highest BCUT2D eigenvalue weighted by Crippen LogP contribution is 2.29. The van der Waals surface area contributed by atoms with Crippen LogP contribution in [0.5, 0.6) is 0 Å². The zero-order valence-electron chi connectivity index (χ0n) is 9.71. The smallest absolute Gasteiger partial charge is 0.214 e. The van der Waals surface area contributed by atoms with Crippen molar-refractivity contribution in [1.29, 1.82) is 0 Å². The van der Waals surface area contributed by atoms with E-state index >= 15 is 0 Å². The third kappa shape index (κ3) is 2.10. The van der Waals surface area contributed by atoms with E-state index in [-0.39, 0.29) is 0 Å². The van der Waals surface area contributed by atoms with Gasteiger partial charge in [-0.25, -0.2) is 4.98 Å². The molecule has 1 aliphatic heterocycles. The molecule has 3 N–H and O–H groups in total. The highest BCUT2D eigenvalue weighted by atomic mass is 127. The van der Waals surface area contributed by atoms with E-state index in [1.807, 2.05) is 4.52 Å². The Morgan fingerprint density at radius 1 is 1.61 bits per heavy atom. The molecule has 0 saturated carbocycles. The standard InChI is InChI=1S/C10H14IN5OS/c11-7-4-13-8-16(7)14-9(18-8)15-3-1-2-10(17,5-12)6-15/h4,17H,1-3,5-6,12H2. The molecule has 8 heteroatoms. The first kappa shape index (κ1) is 12.6. The average Bonchev–Trinajstić information content (AvgIpc) is 2.92. The predicted octanol–water partition coefficient (Wildman–Crippen LogP) is 0.685. The van der Waals surface area contributed by atoms with Gasteiger partial charge in [-0.3, -0.25) is 0 Å². The molecule has 1 unspecified atom stereocenters. The van der Waals surface area contributed by atoms with Crippen LogP contribution in [-0.4, -0.2) is 44.9 Å². The number of nitrogens with zero attached hydrogens (tertiary/aromatic N) is 4. The molecule has 1 aliphatic rings. The number of hydrogen-bond donors (Lipinski definition) is 2. The SMILES string of the molecule is NCC1(O)CCCN(c2nn3c(I)cnc3s2)C1. The molecule has 18 heavy (non-hydrogen) atoms. The van der Waals surface area contributed by atoms with Gasteiger partial charge in [0.2, 0.25) is 10.1 Å². The van der Waals surface area contributed by atoms with Crippen LogP contribution in [0.15, 0.2) is 6.20 Å². The van der Waals surface area contributed by atoms with Crippen molar-refractivity contribution in [3.8, 4) is 0 Å². The number of hydrogen-bond acceptors (Lipinski definition) is 6. The molecule has 3 rings (SSSR count). The molecule has 1 fully saturated rings. The van der Waals surface area contributed by atoms with Gasteiger partial charge in [0.15, 0.2) is 0 Å². The molecule has 0 radical (unpaired) electrons. The highest BCUT2D eigenvalue weighted by Gasteiger charge is 2.33. The van der Waals surface area contributed by atoms with Gasteiger partial charge in [-0.2, -0.15) is 4.52 Å². The van der Waals surface area contributed by atoms with Crippen molar-refractivity contribution in [1.82, 2.24) is 14.6 Å². The van der Waals surface area contributed by atoms with Gasteiger partial charge in [-0.15, -0.1) is 5.10 Å². The molecule has 6 nitrogen and oxygen atoms in total. The van der Waals surface area contributed by atoms with Gasteiger partial charge in [0.1, 0.15) is 3.70 Å². The van der Waals surface area contributed by atoms with Crippen LogP contribution in [0, 0.1) is 3.70 Å². The summed E-state index contributed by atoms with van der Waals surface area (Å²) in [5, 5.41) is 15.7. The number of nitrogens with two attached hydrogens (primary N) is 1. The molecule has 0 amide bonds. The van der Waals surface area contributed by atoms with Gasteiger partial charge in [-0.05, 0) is 35.4 Å². The van der Waals surface area contributed by atoms with Crippen LogP contribution in [0.4, 0.5) is 5.13 Å². The molecular weight excluding hydrogens is 365 g/mol. The van der Waals surface area contributed by atoms with Crippen molar-refractivity contribution >= 4 is 44.0 Å². The lowest BCUT2D eigenvalue weighted by atomic mass is 9.93. The van der Waals surface area contributed by atoms with Crippen LogP contribution in [-0.2, 0) is 0 Å². The number of halogens is 1. The predicted molar refractivity (Wildman–Crippen MR) is 79.0 cm³/mol. The van der Waals surface area contributed by atoms with Crippen molar-refractivity contribution in [2.45, 2.75) is 18.4 Å². The highest BCUT2D eigenvalue weighted by molar-refractivity contribution is 14.1. The summed E-state index contributed by atoms with van der Waals surface area (Å²) in [4.78, 5) is 7.28. The Labute approximate surface area is 122 Å². The lowest BCUT2D eigenvalue weighted by Crippen LogP contribution is -2.52. The number of aliphatic hydroxyl groups is 1. The first-order valence-corrected chi connectivity index (χ1v) is 7.68. The minimum Gasteiger partial charge on any atom is -0.387 e. The summed E-state index contributed by atoms with van der Waals surface area (Å²) in [5.74, 6) is 0. The van der Waals surface area contributed by atoms with Crippen LogP contribution in [0.1, 0.15) is 12.8 Å². The maximum Gasteiger partial charge on any atom is 0.214 e. The molecular formula is C10H14IN5OS. The van der Waals surface area contributed by atoms with Crippen molar-refractivity contribution in [3.05, 3.63) is 9.90 Å². The van der Waals surface area contributed by atoms with Gasteiger partial charge < -0.3 is 15.7 Å². The van der Waals surface area contributed by atoms with E-state index in [1.54, 1.807) is 17.5 Å². The van der Waals surface area contributed by atoms with Gasteiger partial charge >= 0.3 is 0 Å². The maximum atomic E-state index is 10.3. The quantitative estimate of drug-likeness (QED) is 0.751. The molecule has 0 bridgehead atoms. The summed E-state index contributed by atoms with van der Waals surface area (Å²) in [6, 6.07) is 0. The van der Waals surface area contributed by atoms with Crippen molar-refractivity contribution < 1.29 is 5.11 Å². The fourth-order valence-corrected chi connectivity index (χ4v) is 3.77. The molecule has 98 valence electrons. The zero-order chi connectivity index (χ0) is 12.8. The van der Waals surface area contributed by atoms with Crippen molar-refractivity contribution in [2.24, 2.45) is 5.73 Å². The summed E-state index contributed by atoms with van der Waals surface area (Å²) in [6.45, 7) is 1.76. The first-order valence-electron chi connectivity index (χ1n) is 5.79. The molecule has 1 saturated heterocycles. The summed E-state index contributed by atoms with van der Waals surface area (Å²) in [6.07, 6.45) is 3.50. The Bertz CT molecular complexity index is 570. The number of piperidine rings is 1. The van der Waals surface area contributed by atoms with Crippen LogP contribution < -0.4 is 10.6 Å². The van der Waals surface area contributed by atoms with Crippen LogP contribution >= 0.6 is 33.9 Å². The minimum absolute atomic E-state index is 0.295. The average molecular weight is 379 g/mol. The lowest BCUT2D eigenvalue weighted by Gasteiger charge is -2.38. The second-order valence-corrected chi connectivity index (χ2v) is 6.65. The van der Waals surface area contributed by atoms with E-state index in [4.69, 9.17) is 5.73 Å². The number of fused-ring (bicyclic) bond motifs is 1. The summed E-state index contributed by atoms with van der Waals surface area (Å²) in [5.41, 5.74) is 4.87. The van der Waals surface area contributed by atoms with Crippen LogP contribution in [0.2, 0.25) is 0 Å². The Morgan fingerprint density at radius 2 is 2.44 bits per heavy atom. The zero-order valence-corrected chi connectivity index (χ0v) is 12.7. The summed E-state index contributed by atoms with van der Waals surface area (Å²) < 4.78 is 2.83. The Morgan fingerprint density at radius 3 is 3.17 bits per heavy atom. The van der Waals surface area contributed by atoms with Gasteiger partial charge in [0.05, 0.1) is 18.3 Å². The van der Waals surface area contributed by atoms with E-state index in [0.717, 1.165) is 33.2 Å². The number of imidazole rings is 1. The molecule has 0 spiro atoms. The van der Waals surface area contributed by atoms with Gasteiger partial charge in [-0.1, -0.05) is 11.3 Å². The van der Waals surface area contributed by atoms with E-state index in [9.17, 15) is 5.11 Å². The lowest BCUT2D eigenvalue weighted by molar-refractivity contribution is 0.0346. The minimum atomic E-state index is -0.779. The maximum absolute atomic E-state index is 10.3. The monoisotopic (exact) mass is 379 g/mol. The Balaban J connectivity index is 1.89. The Kier molecular flexibility index (Phi) is 3.20. The van der Waals surface area contributed by atoms with E-state index in [2.05, 4.69) is 37.6 Å². The third-order valence-electron chi connectivity index (χ3n) is 3.24. The molecule has 3 heterocycles. The van der Waals surface area contributed by atoms with Crippen molar-refractivity contribution in [3.63, 3.8) is 0 Å². The number of anilines is 1. The topological polar surface area (TPSA) is 79.7 Å². The number of aromatic nitrogens is 3. The Hall–Kier alpha value is -0.450. The third-order valence-corrected chi connectivity index (χ3v) is 4.96. The van der Waals surface area contributed by atoms with Gasteiger partial charge in [0.25, 0.3) is 0 Å². The first-order chi connectivity index (χ1) is 8.61.